The van der Waals surface area contributed by atoms with E-state index in [1.807, 2.05) is 12.1 Å². The highest BCUT2D eigenvalue weighted by Gasteiger charge is 2.19. The maximum absolute atomic E-state index is 12.6. The number of ketones is 1. The molecule has 1 N–H and O–H groups in total. The van der Waals surface area contributed by atoms with Crippen molar-refractivity contribution >= 4 is 11.5 Å². The highest BCUT2D eigenvalue weighted by molar-refractivity contribution is 6.08. The zero-order valence-corrected chi connectivity index (χ0v) is 14.6. The Balaban J connectivity index is 1.95. The molecule has 2 aromatic carbocycles. The van der Waals surface area contributed by atoms with Gasteiger partial charge in [-0.25, -0.2) is 0 Å². The summed E-state index contributed by atoms with van der Waals surface area (Å²) in [6, 6.07) is 11.0. The first-order valence-electron chi connectivity index (χ1n) is 8.05. The van der Waals surface area contributed by atoms with Crippen LogP contribution in [0.5, 0.6) is 17.2 Å². The molecule has 0 atom stereocenters. The Bertz CT molecular complexity index is 809. The van der Waals surface area contributed by atoms with Crippen molar-refractivity contribution in [1.29, 1.82) is 0 Å². The second-order valence-corrected chi connectivity index (χ2v) is 5.69. The van der Waals surface area contributed by atoms with Crippen LogP contribution in [0.25, 0.3) is 5.70 Å². The molecule has 1 aliphatic rings. The van der Waals surface area contributed by atoms with Crippen LogP contribution in [0.3, 0.4) is 0 Å². The second-order valence-electron chi connectivity index (χ2n) is 5.69. The van der Waals surface area contributed by atoms with Gasteiger partial charge in [-0.15, -0.1) is 0 Å². The lowest BCUT2D eigenvalue weighted by Crippen LogP contribution is -2.23. The van der Waals surface area contributed by atoms with Gasteiger partial charge in [-0.2, -0.15) is 0 Å². The Kier molecular flexibility index (Phi) is 4.93. The third-order valence-corrected chi connectivity index (χ3v) is 4.26. The maximum atomic E-state index is 12.6. The molecule has 25 heavy (non-hydrogen) atoms. The molecule has 5 heteroatoms. The van der Waals surface area contributed by atoms with Crippen molar-refractivity contribution in [3.05, 3.63) is 59.2 Å². The van der Waals surface area contributed by atoms with Crippen molar-refractivity contribution in [3.8, 4) is 17.2 Å². The number of carbonyl (C=O) groups excluding carboxylic acids is 1. The number of allylic oxidation sites excluding steroid dienone is 1. The van der Waals surface area contributed by atoms with Crippen LogP contribution >= 0.6 is 0 Å². The van der Waals surface area contributed by atoms with Gasteiger partial charge in [-0.3, -0.25) is 4.79 Å². The number of fused-ring (bicyclic) bond motifs is 1. The van der Waals surface area contributed by atoms with Gasteiger partial charge in [0.15, 0.2) is 17.3 Å². The van der Waals surface area contributed by atoms with Crippen LogP contribution in [0.15, 0.2) is 42.5 Å². The largest absolute Gasteiger partial charge is 0.497 e. The van der Waals surface area contributed by atoms with E-state index in [-0.39, 0.29) is 5.78 Å². The lowest BCUT2D eigenvalue weighted by Gasteiger charge is -2.23. The standard InChI is InChI=1S/C20H21NO4/c1-23-15-6-4-13(5-7-15)18(22)12-17-16-11-20(25-3)19(24-2)10-14(16)8-9-21-17/h4-7,10-12,21H,8-9H2,1-3H3/b17-12+. The van der Waals surface area contributed by atoms with E-state index in [2.05, 4.69) is 5.32 Å². The Morgan fingerprint density at radius 1 is 1.00 bits per heavy atom. The number of hydrogen-bond acceptors (Lipinski definition) is 5. The molecule has 130 valence electrons. The van der Waals surface area contributed by atoms with Gasteiger partial charge in [-0.1, -0.05) is 0 Å². The normalized spacial score (nSPS) is 14.4. The van der Waals surface area contributed by atoms with Gasteiger partial charge in [-0.05, 0) is 48.4 Å². The van der Waals surface area contributed by atoms with E-state index in [0.717, 1.165) is 35.5 Å². The van der Waals surface area contributed by atoms with E-state index in [1.165, 1.54) is 0 Å². The topological polar surface area (TPSA) is 56.8 Å². The summed E-state index contributed by atoms with van der Waals surface area (Å²) in [6.45, 7) is 0.768. The van der Waals surface area contributed by atoms with E-state index in [1.54, 1.807) is 51.7 Å². The SMILES string of the molecule is COc1ccc(C(=O)/C=C2/NCCc3cc(OC)c(OC)cc32)cc1. The van der Waals surface area contributed by atoms with Crippen molar-refractivity contribution in [2.45, 2.75) is 6.42 Å². The van der Waals surface area contributed by atoms with Gasteiger partial charge >= 0.3 is 0 Å². The summed E-state index contributed by atoms with van der Waals surface area (Å²) in [6.07, 6.45) is 2.50. The molecule has 0 spiro atoms. The van der Waals surface area contributed by atoms with Gasteiger partial charge in [0, 0.05) is 29.4 Å². The summed E-state index contributed by atoms with van der Waals surface area (Å²) < 4.78 is 15.9. The van der Waals surface area contributed by atoms with E-state index in [4.69, 9.17) is 14.2 Å². The lowest BCUT2D eigenvalue weighted by atomic mass is 9.95. The number of benzene rings is 2. The Morgan fingerprint density at radius 3 is 2.32 bits per heavy atom. The number of carbonyl (C=O) groups is 1. The number of nitrogens with one attached hydrogen (secondary N) is 1. The highest BCUT2D eigenvalue weighted by atomic mass is 16.5. The molecule has 0 amide bonds. The Hall–Kier alpha value is -2.95. The van der Waals surface area contributed by atoms with Crippen molar-refractivity contribution in [1.82, 2.24) is 5.32 Å². The van der Waals surface area contributed by atoms with Crippen molar-refractivity contribution < 1.29 is 19.0 Å². The van der Waals surface area contributed by atoms with Crippen LogP contribution in [0.1, 0.15) is 21.5 Å². The molecule has 0 bridgehead atoms. The maximum Gasteiger partial charge on any atom is 0.187 e. The van der Waals surface area contributed by atoms with Crippen LogP contribution < -0.4 is 19.5 Å². The zero-order chi connectivity index (χ0) is 17.8. The molecular weight excluding hydrogens is 318 g/mol. The molecule has 0 saturated heterocycles. The monoisotopic (exact) mass is 339 g/mol. The minimum Gasteiger partial charge on any atom is -0.497 e. The van der Waals surface area contributed by atoms with Gasteiger partial charge < -0.3 is 19.5 Å². The Labute approximate surface area is 147 Å². The van der Waals surface area contributed by atoms with Gasteiger partial charge in [0.2, 0.25) is 0 Å². The molecule has 0 unspecified atom stereocenters. The first kappa shape index (κ1) is 16.9. The smallest absolute Gasteiger partial charge is 0.187 e. The summed E-state index contributed by atoms with van der Waals surface area (Å²) in [4.78, 5) is 12.6. The molecule has 0 saturated carbocycles. The first-order chi connectivity index (χ1) is 12.2. The predicted molar refractivity (Wildman–Crippen MR) is 96.6 cm³/mol. The van der Waals surface area contributed by atoms with Crippen molar-refractivity contribution in [2.75, 3.05) is 27.9 Å². The van der Waals surface area contributed by atoms with Gasteiger partial charge in [0.05, 0.1) is 21.3 Å². The lowest BCUT2D eigenvalue weighted by molar-refractivity contribution is 0.104. The summed E-state index contributed by atoms with van der Waals surface area (Å²) in [5.41, 5.74) is 3.50. The van der Waals surface area contributed by atoms with E-state index in [0.29, 0.717) is 17.1 Å². The van der Waals surface area contributed by atoms with E-state index < -0.39 is 0 Å². The zero-order valence-electron chi connectivity index (χ0n) is 14.6. The van der Waals surface area contributed by atoms with E-state index in [9.17, 15) is 4.79 Å². The molecular formula is C20H21NO4. The summed E-state index contributed by atoms with van der Waals surface area (Å²) in [5, 5.41) is 3.31. The average Bonchev–Trinajstić information content (AvgIpc) is 2.67. The van der Waals surface area contributed by atoms with Crippen LogP contribution in [0, 0.1) is 0 Å². The molecule has 1 aliphatic heterocycles. The van der Waals surface area contributed by atoms with Crippen LogP contribution in [-0.2, 0) is 6.42 Å². The summed E-state index contributed by atoms with van der Waals surface area (Å²) >= 11 is 0. The van der Waals surface area contributed by atoms with Crippen molar-refractivity contribution in [2.24, 2.45) is 0 Å². The molecule has 0 fully saturated rings. The summed E-state index contributed by atoms with van der Waals surface area (Å²) in [7, 11) is 4.82. The van der Waals surface area contributed by atoms with Crippen LogP contribution in [-0.4, -0.2) is 33.7 Å². The second kappa shape index (κ2) is 7.30. The van der Waals surface area contributed by atoms with Gasteiger partial charge in [0.1, 0.15) is 5.75 Å². The number of rotatable bonds is 5. The van der Waals surface area contributed by atoms with Crippen LogP contribution in [0.2, 0.25) is 0 Å². The fourth-order valence-corrected chi connectivity index (χ4v) is 2.90. The molecule has 0 aliphatic carbocycles. The van der Waals surface area contributed by atoms with Gasteiger partial charge in [0.25, 0.3) is 0 Å². The fourth-order valence-electron chi connectivity index (χ4n) is 2.90. The quantitative estimate of drug-likeness (QED) is 0.670. The minimum absolute atomic E-state index is 0.0622. The molecule has 0 aromatic heterocycles. The molecule has 0 radical (unpaired) electrons. The molecule has 2 aromatic rings. The third kappa shape index (κ3) is 3.45. The molecule has 1 heterocycles. The first-order valence-corrected chi connectivity index (χ1v) is 8.05. The summed E-state index contributed by atoms with van der Waals surface area (Å²) in [5.74, 6) is 2.01. The number of hydrogen-bond donors (Lipinski definition) is 1. The third-order valence-electron chi connectivity index (χ3n) is 4.26. The highest BCUT2D eigenvalue weighted by Crippen LogP contribution is 2.34. The Morgan fingerprint density at radius 2 is 1.68 bits per heavy atom. The van der Waals surface area contributed by atoms with E-state index >= 15 is 0 Å². The molecule has 5 nitrogen and oxygen atoms in total. The minimum atomic E-state index is -0.0622. The van der Waals surface area contributed by atoms with Crippen LogP contribution in [0.4, 0.5) is 0 Å². The van der Waals surface area contributed by atoms with Crippen molar-refractivity contribution in [3.63, 3.8) is 0 Å². The number of methoxy groups -OCH3 is 3. The average molecular weight is 339 g/mol. The number of ether oxygens (including phenoxy) is 3. The fraction of sp³-hybridized carbons (Fsp3) is 0.250. The predicted octanol–water partition coefficient (Wildman–Crippen LogP) is 3.08. The molecule has 3 rings (SSSR count).